The lowest BCUT2D eigenvalue weighted by Gasteiger charge is -2.22. The van der Waals surface area contributed by atoms with Gasteiger partial charge in [0, 0.05) is 29.2 Å². The summed E-state index contributed by atoms with van der Waals surface area (Å²) < 4.78 is 0. The van der Waals surface area contributed by atoms with Gasteiger partial charge in [0.15, 0.2) is 0 Å². The van der Waals surface area contributed by atoms with Crippen LogP contribution in [0.3, 0.4) is 0 Å². The van der Waals surface area contributed by atoms with Gasteiger partial charge in [-0.15, -0.1) is 0 Å². The predicted octanol–water partition coefficient (Wildman–Crippen LogP) is 3.49. The molecule has 0 aromatic heterocycles. The first-order valence-electron chi connectivity index (χ1n) is 5.82. The summed E-state index contributed by atoms with van der Waals surface area (Å²) in [5, 5.41) is 13.7. The summed E-state index contributed by atoms with van der Waals surface area (Å²) >= 11 is 11.9. The topological polar surface area (TPSA) is 32.3 Å². The molecule has 1 unspecified atom stereocenters. The maximum Gasteiger partial charge on any atom is 0.0465 e. The highest BCUT2D eigenvalue weighted by Gasteiger charge is 2.12. The molecular formula is C13H19Cl2NO. The van der Waals surface area contributed by atoms with E-state index in [0.717, 1.165) is 12.0 Å². The first-order valence-corrected chi connectivity index (χ1v) is 6.58. The van der Waals surface area contributed by atoms with Crippen LogP contribution in [0, 0.1) is 5.92 Å². The summed E-state index contributed by atoms with van der Waals surface area (Å²) in [6.07, 6.45) is 0.753. The van der Waals surface area contributed by atoms with E-state index in [2.05, 4.69) is 19.2 Å². The molecule has 0 spiro atoms. The molecule has 96 valence electrons. The third kappa shape index (κ3) is 4.84. The van der Waals surface area contributed by atoms with Gasteiger partial charge in [-0.3, -0.25) is 0 Å². The molecule has 0 radical (unpaired) electrons. The van der Waals surface area contributed by atoms with Gasteiger partial charge in [0.2, 0.25) is 0 Å². The Hall–Kier alpha value is -0.280. The molecule has 0 fully saturated rings. The van der Waals surface area contributed by atoms with Crippen LogP contribution in [0.5, 0.6) is 0 Å². The fourth-order valence-electron chi connectivity index (χ4n) is 1.72. The van der Waals surface area contributed by atoms with E-state index in [1.165, 1.54) is 0 Å². The molecular weight excluding hydrogens is 257 g/mol. The highest BCUT2D eigenvalue weighted by molar-refractivity contribution is 6.35. The monoisotopic (exact) mass is 275 g/mol. The van der Waals surface area contributed by atoms with Gasteiger partial charge in [-0.05, 0) is 30.0 Å². The van der Waals surface area contributed by atoms with Crippen molar-refractivity contribution in [3.05, 3.63) is 33.8 Å². The molecule has 0 saturated carbocycles. The average Bonchev–Trinajstić information content (AvgIpc) is 2.25. The molecule has 0 heterocycles. The summed E-state index contributed by atoms with van der Waals surface area (Å²) in [6.45, 7) is 5.16. The quantitative estimate of drug-likeness (QED) is 0.833. The van der Waals surface area contributed by atoms with Crippen molar-refractivity contribution >= 4 is 23.2 Å². The number of nitrogens with one attached hydrogen (secondary N) is 1. The number of hydrogen-bond acceptors (Lipinski definition) is 2. The number of benzene rings is 1. The van der Waals surface area contributed by atoms with Gasteiger partial charge in [0.25, 0.3) is 0 Å². The number of aliphatic hydroxyl groups is 1. The van der Waals surface area contributed by atoms with Crippen LogP contribution in [0.15, 0.2) is 18.2 Å². The molecule has 1 rings (SSSR count). The number of halogens is 2. The van der Waals surface area contributed by atoms with E-state index in [0.29, 0.717) is 28.5 Å². The van der Waals surface area contributed by atoms with E-state index in [1.54, 1.807) is 6.07 Å². The smallest absolute Gasteiger partial charge is 0.0465 e. The zero-order chi connectivity index (χ0) is 12.8. The molecule has 0 amide bonds. The van der Waals surface area contributed by atoms with Crippen molar-refractivity contribution in [3.8, 4) is 0 Å². The molecule has 17 heavy (non-hydrogen) atoms. The van der Waals surface area contributed by atoms with Crippen molar-refractivity contribution in [2.24, 2.45) is 5.92 Å². The first kappa shape index (κ1) is 14.8. The Morgan fingerprint density at radius 1 is 1.29 bits per heavy atom. The standard InChI is InChI=1S/C13H19Cl2NO/c1-9(2)13(5-6-17)16-8-10-3-4-11(14)7-12(10)15/h3-4,7,9,13,16-17H,5-6,8H2,1-2H3. The summed E-state index contributed by atoms with van der Waals surface area (Å²) in [5.74, 6) is 0.480. The van der Waals surface area contributed by atoms with E-state index < -0.39 is 0 Å². The second kappa shape index (κ2) is 7.22. The molecule has 2 N–H and O–H groups in total. The highest BCUT2D eigenvalue weighted by Crippen LogP contribution is 2.21. The summed E-state index contributed by atoms with van der Waals surface area (Å²) in [4.78, 5) is 0. The molecule has 1 aromatic carbocycles. The SMILES string of the molecule is CC(C)C(CCO)NCc1ccc(Cl)cc1Cl. The van der Waals surface area contributed by atoms with Crippen LogP contribution in [0.2, 0.25) is 10.0 Å². The van der Waals surface area contributed by atoms with Gasteiger partial charge in [-0.1, -0.05) is 43.1 Å². The number of aliphatic hydroxyl groups excluding tert-OH is 1. The van der Waals surface area contributed by atoms with Crippen LogP contribution in [0.1, 0.15) is 25.8 Å². The largest absolute Gasteiger partial charge is 0.396 e. The molecule has 0 aliphatic carbocycles. The number of hydrogen-bond donors (Lipinski definition) is 2. The highest BCUT2D eigenvalue weighted by atomic mass is 35.5. The van der Waals surface area contributed by atoms with E-state index in [4.69, 9.17) is 28.3 Å². The van der Waals surface area contributed by atoms with Crippen LogP contribution < -0.4 is 5.32 Å². The Labute approximate surface area is 113 Å². The van der Waals surface area contributed by atoms with Crippen molar-refractivity contribution in [1.29, 1.82) is 0 Å². The number of rotatable bonds is 6. The lowest BCUT2D eigenvalue weighted by atomic mass is 10.0. The molecule has 0 bridgehead atoms. The van der Waals surface area contributed by atoms with Crippen molar-refractivity contribution in [1.82, 2.24) is 5.32 Å². The molecule has 0 aliphatic rings. The zero-order valence-electron chi connectivity index (χ0n) is 10.2. The van der Waals surface area contributed by atoms with Gasteiger partial charge in [-0.2, -0.15) is 0 Å². The Morgan fingerprint density at radius 3 is 2.53 bits per heavy atom. The maximum absolute atomic E-state index is 8.99. The van der Waals surface area contributed by atoms with Gasteiger partial charge >= 0.3 is 0 Å². The van der Waals surface area contributed by atoms with E-state index in [9.17, 15) is 0 Å². The van der Waals surface area contributed by atoms with E-state index in [1.807, 2.05) is 12.1 Å². The summed E-state index contributed by atoms with van der Waals surface area (Å²) in [6, 6.07) is 5.80. The fourth-order valence-corrected chi connectivity index (χ4v) is 2.19. The third-order valence-electron chi connectivity index (χ3n) is 2.81. The van der Waals surface area contributed by atoms with E-state index in [-0.39, 0.29) is 6.61 Å². The van der Waals surface area contributed by atoms with Crippen LogP contribution >= 0.6 is 23.2 Å². The van der Waals surface area contributed by atoms with Crippen LogP contribution in [-0.4, -0.2) is 17.8 Å². The molecule has 1 atom stereocenters. The average molecular weight is 276 g/mol. The molecule has 0 aliphatic heterocycles. The Morgan fingerprint density at radius 2 is 2.00 bits per heavy atom. The van der Waals surface area contributed by atoms with Gasteiger partial charge < -0.3 is 10.4 Å². The Kier molecular flexibility index (Phi) is 6.28. The minimum absolute atomic E-state index is 0.199. The summed E-state index contributed by atoms with van der Waals surface area (Å²) in [5.41, 5.74) is 1.03. The van der Waals surface area contributed by atoms with E-state index >= 15 is 0 Å². The maximum atomic E-state index is 8.99. The molecule has 0 saturated heterocycles. The van der Waals surface area contributed by atoms with Crippen LogP contribution in [0.4, 0.5) is 0 Å². The van der Waals surface area contributed by atoms with Crippen molar-refractivity contribution in [2.75, 3.05) is 6.61 Å². The second-order valence-corrected chi connectivity index (χ2v) is 5.32. The zero-order valence-corrected chi connectivity index (χ0v) is 11.7. The predicted molar refractivity (Wildman–Crippen MR) is 73.6 cm³/mol. The summed E-state index contributed by atoms with van der Waals surface area (Å²) in [7, 11) is 0. The van der Waals surface area contributed by atoms with Crippen molar-refractivity contribution < 1.29 is 5.11 Å². The van der Waals surface area contributed by atoms with Crippen molar-refractivity contribution in [3.63, 3.8) is 0 Å². The lowest BCUT2D eigenvalue weighted by Crippen LogP contribution is -2.34. The van der Waals surface area contributed by atoms with Gasteiger partial charge in [0.1, 0.15) is 0 Å². The Balaban J connectivity index is 2.59. The van der Waals surface area contributed by atoms with Crippen LogP contribution in [0.25, 0.3) is 0 Å². The van der Waals surface area contributed by atoms with Crippen molar-refractivity contribution in [2.45, 2.75) is 32.9 Å². The van der Waals surface area contributed by atoms with Gasteiger partial charge in [0.05, 0.1) is 0 Å². The third-order valence-corrected chi connectivity index (χ3v) is 3.40. The normalized spacial score (nSPS) is 13.1. The molecule has 2 nitrogen and oxygen atoms in total. The second-order valence-electron chi connectivity index (χ2n) is 4.48. The fraction of sp³-hybridized carbons (Fsp3) is 0.538. The first-order chi connectivity index (χ1) is 8.04. The Bertz CT molecular complexity index is 355. The minimum Gasteiger partial charge on any atom is -0.396 e. The minimum atomic E-state index is 0.199. The van der Waals surface area contributed by atoms with Gasteiger partial charge in [-0.25, -0.2) is 0 Å². The lowest BCUT2D eigenvalue weighted by molar-refractivity contribution is 0.244. The van der Waals surface area contributed by atoms with Crippen LogP contribution in [-0.2, 0) is 6.54 Å². The molecule has 1 aromatic rings. The molecule has 4 heteroatoms.